The fourth-order valence-corrected chi connectivity index (χ4v) is 1.39. The SMILES string of the molecule is COc1ccc(O)c(C(N)CCC(=O)O)c1. The Bertz CT molecular complexity index is 378. The Balaban J connectivity index is 2.80. The molecule has 1 aromatic rings. The van der Waals surface area contributed by atoms with Crippen molar-refractivity contribution in [1.82, 2.24) is 0 Å². The molecule has 0 saturated carbocycles. The van der Waals surface area contributed by atoms with Gasteiger partial charge in [-0.15, -0.1) is 0 Å². The summed E-state index contributed by atoms with van der Waals surface area (Å²) in [6.45, 7) is 0. The Morgan fingerprint density at radius 1 is 1.56 bits per heavy atom. The van der Waals surface area contributed by atoms with Crippen LogP contribution in [0.2, 0.25) is 0 Å². The predicted octanol–water partition coefficient (Wildman–Crippen LogP) is 1.27. The molecular weight excluding hydrogens is 210 g/mol. The van der Waals surface area contributed by atoms with Crippen LogP contribution in [-0.4, -0.2) is 23.3 Å². The highest BCUT2D eigenvalue weighted by atomic mass is 16.5. The van der Waals surface area contributed by atoms with E-state index < -0.39 is 12.0 Å². The topological polar surface area (TPSA) is 92.8 Å². The Hall–Kier alpha value is -1.75. The molecule has 1 aromatic carbocycles. The van der Waals surface area contributed by atoms with Crippen LogP contribution in [0.3, 0.4) is 0 Å². The molecule has 1 rings (SSSR count). The first kappa shape index (κ1) is 12.3. The summed E-state index contributed by atoms with van der Waals surface area (Å²) in [5, 5.41) is 18.1. The maximum Gasteiger partial charge on any atom is 0.303 e. The number of phenolic OH excluding ortho intramolecular Hbond substituents is 1. The number of nitrogens with two attached hydrogens (primary N) is 1. The first-order valence-electron chi connectivity index (χ1n) is 4.89. The number of aromatic hydroxyl groups is 1. The molecule has 0 saturated heterocycles. The average Bonchev–Trinajstić information content (AvgIpc) is 2.26. The second kappa shape index (κ2) is 5.37. The lowest BCUT2D eigenvalue weighted by atomic mass is 10.0. The van der Waals surface area contributed by atoms with Crippen molar-refractivity contribution < 1.29 is 19.7 Å². The molecule has 1 unspecified atom stereocenters. The van der Waals surface area contributed by atoms with Crippen molar-refractivity contribution >= 4 is 5.97 Å². The summed E-state index contributed by atoms with van der Waals surface area (Å²) in [6.07, 6.45) is 0.244. The summed E-state index contributed by atoms with van der Waals surface area (Å²) < 4.78 is 5.00. The molecule has 0 aliphatic heterocycles. The van der Waals surface area contributed by atoms with Crippen LogP contribution in [-0.2, 0) is 4.79 Å². The number of carboxylic acids is 1. The largest absolute Gasteiger partial charge is 0.508 e. The van der Waals surface area contributed by atoms with Crippen LogP contribution >= 0.6 is 0 Å². The van der Waals surface area contributed by atoms with E-state index in [1.54, 1.807) is 12.1 Å². The number of benzene rings is 1. The van der Waals surface area contributed by atoms with E-state index in [1.807, 2.05) is 0 Å². The Morgan fingerprint density at radius 3 is 2.81 bits per heavy atom. The highest BCUT2D eigenvalue weighted by molar-refractivity contribution is 5.66. The van der Waals surface area contributed by atoms with Gasteiger partial charge in [0.05, 0.1) is 7.11 Å². The first-order chi connectivity index (χ1) is 7.54. The lowest BCUT2D eigenvalue weighted by Gasteiger charge is -2.13. The van der Waals surface area contributed by atoms with Gasteiger partial charge >= 0.3 is 5.97 Å². The Morgan fingerprint density at radius 2 is 2.25 bits per heavy atom. The fourth-order valence-electron chi connectivity index (χ4n) is 1.39. The van der Waals surface area contributed by atoms with E-state index in [4.69, 9.17) is 15.6 Å². The van der Waals surface area contributed by atoms with Crippen molar-refractivity contribution in [2.45, 2.75) is 18.9 Å². The van der Waals surface area contributed by atoms with Crippen molar-refractivity contribution in [3.8, 4) is 11.5 Å². The number of hydrogen-bond donors (Lipinski definition) is 3. The minimum absolute atomic E-state index is 0.0299. The number of carboxylic acid groups (broad SMARTS) is 1. The fraction of sp³-hybridized carbons (Fsp3) is 0.364. The normalized spacial score (nSPS) is 12.1. The number of phenols is 1. The van der Waals surface area contributed by atoms with Gasteiger partial charge < -0.3 is 20.7 Å². The van der Waals surface area contributed by atoms with Crippen molar-refractivity contribution in [3.05, 3.63) is 23.8 Å². The van der Waals surface area contributed by atoms with E-state index in [0.29, 0.717) is 11.3 Å². The summed E-state index contributed by atoms with van der Waals surface area (Å²) in [7, 11) is 1.51. The maximum atomic E-state index is 10.4. The van der Waals surface area contributed by atoms with Crippen LogP contribution < -0.4 is 10.5 Å². The van der Waals surface area contributed by atoms with Crippen molar-refractivity contribution in [3.63, 3.8) is 0 Å². The zero-order valence-corrected chi connectivity index (χ0v) is 9.01. The van der Waals surface area contributed by atoms with E-state index in [2.05, 4.69) is 0 Å². The van der Waals surface area contributed by atoms with Crippen molar-refractivity contribution in [1.29, 1.82) is 0 Å². The summed E-state index contributed by atoms with van der Waals surface area (Å²) in [4.78, 5) is 10.4. The van der Waals surface area contributed by atoms with Gasteiger partial charge in [-0.2, -0.15) is 0 Å². The second-order valence-electron chi connectivity index (χ2n) is 3.46. The molecule has 1 atom stereocenters. The second-order valence-corrected chi connectivity index (χ2v) is 3.46. The molecule has 0 aliphatic rings. The highest BCUT2D eigenvalue weighted by Crippen LogP contribution is 2.29. The first-order valence-corrected chi connectivity index (χ1v) is 4.89. The number of ether oxygens (including phenoxy) is 1. The van der Waals surface area contributed by atoms with E-state index in [1.165, 1.54) is 13.2 Å². The monoisotopic (exact) mass is 225 g/mol. The summed E-state index contributed by atoms with van der Waals surface area (Å²) in [5.74, 6) is -0.268. The molecule has 0 fully saturated rings. The minimum Gasteiger partial charge on any atom is -0.508 e. The van der Waals surface area contributed by atoms with Gasteiger partial charge in [0.25, 0.3) is 0 Å². The van der Waals surface area contributed by atoms with Crippen LogP contribution in [0.25, 0.3) is 0 Å². The van der Waals surface area contributed by atoms with Gasteiger partial charge in [0, 0.05) is 18.0 Å². The number of rotatable bonds is 5. The van der Waals surface area contributed by atoms with E-state index in [9.17, 15) is 9.90 Å². The number of carbonyl (C=O) groups is 1. The third-order valence-corrected chi connectivity index (χ3v) is 2.30. The third-order valence-electron chi connectivity index (χ3n) is 2.30. The lowest BCUT2D eigenvalue weighted by Crippen LogP contribution is -2.12. The molecule has 16 heavy (non-hydrogen) atoms. The Labute approximate surface area is 93.5 Å². The molecule has 5 heteroatoms. The highest BCUT2D eigenvalue weighted by Gasteiger charge is 2.13. The number of aliphatic carboxylic acids is 1. The lowest BCUT2D eigenvalue weighted by molar-refractivity contribution is -0.137. The van der Waals surface area contributed by atoms with Gasteiger partial charge in [-0.1, -0.05) is 0 Å². The standard InChI is InChI=1S/C11H15NO4/c1-16-7-2-4-10(13)8(6-7)9(12)3-5-11(14)15/h2,4,6,9,13H,3,5,12H2,1H3,(H,14,15). The van der Waals surface area contributed by atoms with Crippen LogP contribution in [0, 0.1) is 0 Å². The molecule has 0 radical (unpaired) electrons. The Kier molecular flexibility index (Phi) is 4.13. The quantitative estimate of drug-likeness (QED) is 0.701. The van der Waals surface area contributed by atoms with E-state index >= 15 is 0 Å². The molecule has 0 aromatic heterocycles. The van der Waals surface area contributed by atoms with E-state index in [0.717, 1.165) is 0 Å². The number of methoxy groups -OCH3 is 1. The van der Waals surface area contributed by atoms with Crippen LogP contribution in [0.4, 0.5) is 0 Å². The third kappa shape index (κ3) is 3.13. The van der Waals surface area contributed by atoms with Gasteiger partial charge in [-0.05, 0) is 24.6 Å². The molecule has 4 N–H and O–H groups in total. The van der Waals surface area contributed by atoms with Gasteiger partial charge in [-0.3, -0.25) is 4.79 Å². The summed E-state index contributed by atoms with van der Waals surface area (Å²) >= 11 is 0. The zero-order chi connectivity index (χ0) is 12.1. The van der Waals surface area contributed by atoms with Gasteiger partial charge in [0.2, 0.25) is 0 Å². The number of hydrogen-bond acceptors (Lipinski definition) is 4. The molecule has 0 amide bonds. The van der Waals surface area contributed by atoms with E-state index in [-0.39, 0.29) is 18.6 Å². The van der Waals surface area contributed by atoms with Gasteiger partial charge in [-0.25, -0.2) is 0 Å². The molecule has 0 aliphatic carbocycles. The summed E-state index contributed by atoms with van der Waals surface area (Å²) in [5.41, 5.74) is 6.29. The van der Waals surface area contributed by atoms with Crippen molar-refractivity contribution in [2.24, 2.45) is 5.73 Å². The maximum absolute atomic E-state index is 10.4. The molecule has 88 valence electrons. The molecule has 0 bridgehead atoms. The average molecular weight is 225 g/mol. The van der Waals surface area contributed by atoms with Crippen LogP contribution in [0.5, 0.6) is 11.5 Å². The van der Waals surface area contributed by atoms with Crippen LogP contribution in [0.15, 0.2) is 18.2 Å². The van der Waals surface area contributed by atoms with Crippen LogP contribution in [0.1, 0.15) is 24.4 Å². The zero-order valence-electron chi connectivity index (χ0n) is 9.01. The molecule has 0 spiro atoms. The smallest absolute Gasteiger partial charge is 0.303 e. The molecule has 5 nitrogen and oxygen atoms in total. The van der Waals surface area contributed by atoms with Gasteiger partial charge in [0.15, 0.2) is 0 Å². The molecular formula is C11H15NO4. The van der Waals surface area contributed by atoms with Crippen molar-refractivity contribution in [2.75, 3.05) is 7.11 Å². The molecule has 0 heterocycles. The summed E-state index contributed by atoms with van der Waals surface area (Å²) in [6, 6.07) is 4.20. The predicted molar refractivity (Wildman–Crippen MR) is 58.5 cm³/mol. The van der Waals surface area contributed by atoms with Gasteiger partial charge in [0.1, 0.15) is 11.5 Å². The minimum atomic E-state index is -0.905.